The normalized spacial score (nSPS) is 10.7. The molecule has 0 aliphatic rings. The number of fused-ring (bicyclic) bond motifs is 1. The molecular weight excluding hydrogens is 476 g/mol. The van der Waals surface area contributed by atoms with Gasteiger partial charge >= 0.3 is 0 Å². The maximum atomic E-state index is 13.0. The van der Waals surface area contributed by atoms with E-state index >= 15 is 0 Å². The number of carbonyl (C=O) groups is 1. The number of ketones is 1. The van der Waals surface area contributed by atoms with Crippen molar-refractivity contribution in [1.82, 2.24) is 0 Å². The minimum Gasteiger partial charge on any atom is -0.497 e. The molecule has 0 saturated carbocycles. The van der Waals surface area contributed by atoms with Gasteiger partial charge in [-0.1, -0.05) is 12.1 Å². The van der Waals surface area contributed by atoms with Crippen molar-refractivity contribution in [2.45, 2.75) is 6.92 Å². The zero-order chi connectivity index (χ0) is 22.7. The van der Waals surface area contributed by atoms with E-state index in [1.54, 1.807) is 62.6 Å². The monoisotopic (exact) mass is 494 g/mol. The van der Waals surface area contributed by atoms with Crippen LogP contribution in [-0.2, 0) is 0 Å². The second-order valence-corrected chi connectivity index (χ2v) is 7.80. The van der Waals surface area contributed by atoms with Gasteiger partial charge < -0.3 is 18.6 Å². The fourth-order valence-electron chi connectivity index (χ4n) is 3.12. The number of carbonyl (C=O) groups excluding carboxylic acids is 1. The number of rotatable bonds is 7. The molecule has 0 amide bonds. The Bertz CT molecular complexity index is 1340. The average Bonchev–Trinajstić information content (AvgIpc) is 2.81. The van der Waals surface area contributed by atoms with Crippen molar-refractivity contribution in [2.75, 3.05) is 13.7 Å². The predicted molar refractivity (Wildman–Crippen MR) is 124 cm³/mol. The molecule has 0 N–H and O–H groups in total. The van der Waals surface area contributed by atoms with Gasteiger partial charge in [-0.25, -0.2) is 0 Å². The highest BCUT2D eigenvalue weighted by atomic mass is 79.9. The van der Waals surface area contributed by atoms with E-state index in [2.05, 4.69) is 15.9 Å². The van der Waals surface area contributed by atoms with Crippen LogP contribution in [0.25, 0.3) is 11.0 Å². The molecule has 0 aliphatic carbocycles. The fourth-order valence-corrected chi connectivity index (χ4v) is 3.49. The Morgan fingerprint density at radius 2 is 1.72 bits per heavy atom. The Hall–Kier alpha value is -3.58. The summed E-state index contributed by atoms with van der Waals surface area (Å²) in [6, 6.07) is 18.9. The molecule has 7 heteroatoms. The van der Waals surface area contributed by atoms with Crippen molar-refractivity contribution < 1.29 is 23.4 Å². The minimum absolute atomic E-state index is 0.118. The molecule has 0 fully saturated rings. The van der Waals surface area contributed by atoms with Gasteiger partial charge in [-0.2, -0.15) is 0 Å². The molecule has 4 rings (SSSR count). The highest BCUT2D eigenvalue weighted by molar-refractivity contribution is 9.10. The van der Waals surface area contributed by atoms with Crippen molar-refractivity contribution in [2.24, 2.45) is 0 Å². The lowest BCUT2D eigenvalue weighted by Crippen LogP contribution is -2.12. The number of hydrogen-bond acceptors (Lipinski definition) is 6. The Morgan fingerprint density at radius 1 is 1.00 bits per heavy atom. The smallest absolute Gasteiger partial charge is 0.235 e. The van der Waals surface area contributed by atoms with Gasteiger partial charge in [0.2, 0.25) is 11.2 Å². The maximum absolute atomic E-state index is 13.0. The Labute approximate surface area is 192 Å². The number of ether oxygens (including phenoxy) is 3. The van der Waals surface area contributed by atoms with E-state index in [1.165, 1.54) is 0 Å². The first kappa shape index (κ1) is 21.6. The summed E-state index contributed by atoms with van der Waals surface area (Å²) in [5.41, 5.74) is 0.574. The van der Waals surface area contributed by atoms with Crippen molar-refractivity contribution >= 4 is 32.7 Å². The maximum Gasteiger partial charge on any atom is 0.235 e. The number of benzene rings is 3. The molecule has 4 aromatic rings. The average molecular weight is 495 g/mol. The first-order valence-electron chi connectivity index (χ1n) is 9.76. The Balaban J connectivity index is 1.54. The first-order chi connectivity index (χ1) is 15.5. The van der Waals surface area contributed by atoms with E-state index in [-0.39, 0.29) is 23.6 Å². The summed E-state index contributed by atoms with van der Waals surface area (Å²) < 4.78 is 23.1. The lowest BCUT2D eigenvalue weighted by Gasteiger charge is -2.11. The van der Waals surface area contributed by atoms with Crippen LogP contribution in [0.1, 0.15) is 16.1 Å². The summed E-state index contributed by atoms with van der Waals surface area (Å²) in [5.74, 6) is 1.88. The third-order valence-electron chi connectivity index (χ3n) is 4.82. The van der Waals surface area contributed by atoms with Crippen LogP contribution in [-0.4, -0.2) is 19.5 Å². The lowest BCUT2D eigenvalue weighted by molar-refractivity contribution is 0.0921. The lowest BCUT2D eigenvalue weighted by atomic mass is 10.1. The second kappa shape index (κ2) is 9.28. The van der Waals surface area contributed by atoms with Crippen LogP contribution in [0, 0.1) is 6.92 Å². The summed E-state index contributed by atoms with van der Waals surface area (Å²) in [4.78, 5) is 25.3. The third-order valence-corrected chi connectivity index (χ3v) is 5.47. The van der Waals surface area contributed by atoms with Crippen molar-refractivity contribution in [1.29, 1.82) is 0 Å². The zero-order valence-corrected chi connectivity index (χ0v) is 19.0. The van der Waals surface area contributed by atoms with Crippen LogP contribution in [0.3, 0.4) is 0 Å². The molecule has 0 aliphatic heterocycles. The van der Waals surface area contributed by atoms with Crippen LogP contribution in [0.15, 0.2) is 80.4 Å². The number of para-hydroxylation sites is 1. The predicted octanol–water partition coefficient (Wildman–Crippen LogP) is 5.93. The second-order valence-electron chi connectivity index (χ2n) is 6.95. The van der Waals surface area contributed by atoms with Gasteiger partial charge in [0.1, 0.15) is 28.6 Å². The first-order valence-corrected chi connectivity index (χ1v) is 10.6. The molecule has 0 unspecified atom stereocenters. The fraction of sp³-hybridized carbons (Fsp3) is 0.120. The molecule has 3 aromatic carbocycles. The number of Topliss-reactive ketones (excluding diaryl/α,β-unsaturated/α-hetero) is 1. The zero-order valence-electron chi connectivity index (χ0n) is 17.4. The third kappa shape index (κ3) is 4.53. The van der Waals surface area contributed by atoms with Crippen LogP contribution >= 0.6 is 15.9 Å². The molecule has 32 heavy (non-hydrogen) atoms. The van der Waals surface area contributed by atoms with Gasteiger partial charge in [0.15, 0.2) is 12.4 Å². The van der Waals surface area contributed by atoms with Crippen molar-refractivity contribution in [3.63, 3.8) is 0 Å². The standard InChI is InChI=1S/C25H19BrO6/c1-15-25(32-22-6-4-3-5-20(22)26)24(28)19-12-11-18(13-23(19)31-15)30-14-21(27)16-7-9-17(29-2)10-8-16/h3-13H,14H2,1-2H3. The molecule has 0 atom stereocenters. The summed E-state index contributed by atoms with van der Waals surface area (Å²) >= 11 is 3.41. The molecule has 162 valence electrons. The largest absolute Gasteiger partial charge is 0.497 e. The van der Waals surface area contributed by atoms with Gasteiger partial charge in [-0.3, -0.25) is 9.59 Å². The van der Waals surface area contributed by atoms with Crippen molar-refractivity contribution in [3.8, 4) is 23.0 Å². The molecule has 0 bridgehead atoms. The molecule has 0 radical (unpaired) electrons. The van der Waals surface area contributed by atoms with Crippen LogP contribution in [0.4, 0.5) is 0 Å². The molecule has 6 nitrogen and oxygen atoms in total. The SMILES string of the molecule is COc1ccc(C(=O)COc2ccc3c(=O)c(Oc4ccccc4Br)c(C)oc3c2)cc1. The van der Waals surface area contributed by atoms with Gasteiger partial charge in [0, 0.05) is 11.6 Å². The van der Waals surface area contributed by atoms with E-state index in [0.717, 1.165) is 4.47 Å². The number of aryl methyl sites for hydroxylation is 1. The summed E-state index contributed by atoms with van der Waals surface area (Å²) in [7, 11) is 1.56. The van der Waals surface area contributed by atoms with E-state index in [0.29, 0.717) is 39.5 Å². The summed E-state index contributed by atoms with van der Waals surface area (Å²) in [6.07, 6.45) is 0. The highest BCUT2D eigenvalue weighted by Gasteiger charge is 2.16. The Kier molecular flexibility index (Phi) is 6.28. The van der Waals surface area contributed by atoms with E-state index in [4.69, 9.17) is 18.6 Å². The van der Waals surface area contributed by atoms with E-state index < -0.39 is 0 Å². The van der Waals surface area contributed by atoms with E-state index in [9.17, 15) is 9.59 Å². The number of hydrogen-bond donors (Lipinski definition) is 0. The quantitative estimate of drug-likeness (QED) is 0.296. The highest BCUT2D eigenvalue weighted by Crippen LogP contribution is 2.31. The molecule has 0 spiro atoms. The minimum atomic E-state index is -0.291. The number of halogens is 1. The van der Waals surface area contributed by atoms with Gasteiger partial charge in [0.25, 0.3) is 0 Å². The van der Waals surface area contributed by atoms with Crippen LogP contribution < -0.4 is 19.6 Å². The van der Waals surface area contributed by atoms with Gasteiger partial charge in [-0.05, 0) is 71.4 Å². The van der Waals surface area contributed by atoms with Crippen molar-refractivity contribution in [3.05, 3.63) is 92.7 Å². The summed E-state index contributed by atoms with van der Waals surface area (Å²) in [6.45, 7) is 1.51. The topological polar surface area (TPSA) is 75.0 Å². The van der Waals surface area contributed by atoms with Crippen LogP contribution in [0.5, 0.6) is 23.0 Å². The van der Waals surface area contributed by atoms with Crippen LogP contribution in [0.2, 0.25) is 0 Å². The molecule has 0 saturated heterocycles. The molecule has 1 aromatic heterocycles. The van der Waals surface area contributed by atoms with Gasteiger partial charge in [-0.15, -0.1) is 0 Å². The van der Waals surface area contributed by atoms with E-state index in [1.807, 2.05) is 18.2 Å². The molecular formula is C25H19BrO6. The summed E-state index contributed by atoms with van der Waals surface area (Å²) in [5, 5.41) is 0.353. The number of methoxy groups -OCH3 is 1. The van der Waals surface area contributed by atoms with Gasteiger partial charge in [0.05, 0.1) is 17.0 Å². The Morgan fingerprint density at radius 3 is 2.44 bits per heavy atom. The molecule has 1 heterocycles.